The van der Waals surface area contributed by atoms with Crippen molar-refractivity contribution in [1.82, 2.24) is 0 Å². The topological polar surface area (TPSA) is 66.4 Å². The van der Waals surface area contributed by atoms with E-state index in [0.29, 0.717) is 11.1 Å². The van der Waals surface area contributed by atoms with Gasteiger partial charge in [0.05, 0.1) is 17.4 Å². The zero-order valence-electron chi connectivity index (χ0n) is 10.9. The lowest BCUT2D eigenvalue weighted by molar-refractivity contribution is 0.282. The molecule has 0 aliphatic rings. The Labute approximate surface area is 127 Å². The molecule has 0 aromatic heterocycles. The number of hydrogen-bond acceptors (Lipinski definition) is 3. The number of aliphatic hydroxyl groups excluding tert-OH is 1. The van der Waals surface area contributed by atoms with E-state index in [2.05, 4.69) is 4.72 Å². The predicted molar refractivity (Wildman–Crippen MR) is 80.0 cm³/mol. The first-order valence-electron chi connectivity index (χ1n) is 6.04. The number of sulfonamides is 1. The SMILES string of the molecule is O=S(=O)(Cc1ccc(CO)cc1)Nc1c(F)cccc1Cl. The summed E-state index contributed by atoms with van der Waals surface area (Å²) >= 11 is 5.78. The zero-order valence-corrected chi connectivity index (χ0v) is 12.5. The highest BCUT2D eigenvalue weighted by Crippen LogP contribution is 2.26. The van der Waals surface area contributed by atoms with Gasteiger partial charge in [-0.2, -0.15) is 0 Å². The van der Waals surface area contributed by atoms with Gasteiger partial charge in [0.2, 0.25) is 10.0 Å². The fourth-order valence-corrected chi connectivity index (χ4v) is 3.24. The number of anilines is 1. The minimum absolute atomic E-state index is 0.00537. The average molecular weight is 330 g/mol. The van der Waals surface area contributed by atoms with Crippen molar-refractivity contribution in [2.24, 2.45) is 0 Å². The van der Waals surface area contributed by atoms with Crippen LogP contribution in [0.4, 0.5) is 10.1 Å². The summed E-state index contributed by atoms with van der Waals surface area (Å²) in [7, 11) is -3.79. The Balaban J connectivity index is 2.18. The molecule has 21 heavy (non-hydrogen) atoms. The Morgan fingerprint density at radius 3 is 2.29 bits per heavy atom. The van der Waals surface area contributed by atoms with Crippen LogP contribution in [-0.4, -0.2) is 13.5 Å². The molecule has 2 N–H and O–H groups in total. The number of hydrogen-bond donors (Lipinski definition) is 2. The molecule has 0 heterocycles. The maximum atomic E-state index is 13.6. The lowest BCUT2D eigenvalue weighted by atomic mass is 10.2. The van der Waals surface area contributed by atoms with E-state index in [1.54, 1.807) is 24.3 Å². The van der Waals surface area contributed by atoms with Gasteiger partial charge < -0.3 is 5.11 Å². The third kappa shape index (κ3) is 4.17. The Hall–Kier alpha value is -1.63. The molecule has 0 fully saturated rings. The lowest BCUT2D eigenvalue weighted by Crippen LogP contribution is -2.16. The van der Waals surface area contributed by atoms with Gasteiger partial charge in [-0.05, 0) is 23.3 Å². The molecule has 0 amide bonds. The molecule has 4 nitrogen and oxygen atoms in total. The normalized spacial score (nSPS) is 11.4. The van der Waals surface area contributed by atoms with E-state index < -0.39 is 15.8 Å². The highest BCUT2D eigenvalue weighted by atomic mass is 35.5. The first-order chi connectivity index (χ1) is 9.91. The van der Waals surface area contributed by atoms with E-state index in [1.165, 1.54) is 12.1 Å². The van der Waals surface area contributed by atoms with Crippen LogP contribution in [0, 0.1) is 5.82 Å². The molecule has 2 aromatic rings. The molecular formula is C14H13ClFNO3S. The zero-order chi connectivity index (χ0) is 15.5. The van der Waals surface area contributed by atoms with Crippen LogP contribution in [0.3, 0.4) is 0 Å². The van der Waals surface area contributed by atoms with Crippen LogP contribution < -0.4 is 4.72 Å². The molecule has 0 unspecified atom stereocenters. The second-order valence-electron chi connectivity index (χ2n) is 4.43. The summed E-state index contributed by atoms with van der Waals surface area (Å²) in [6.07, 6.45) is 0. The largest absolute Gasteiger partial charge is 0.392 e. The average Bonchev–Trinajstić information content (AvgIpc) is 2.43. The number of aliphatic hydroxyl groups is 1. The molecule has 7 heteroatoms. The highest BCUT2D eigenvalue weighted by Gasteiger charge is 2.16. The quantitative estimate of drug-likeness (QED) is 0.886. The van der Waals surface area contributed by atoms with Gasteiger partial charge in [-0.25, -0.2) is 12.8 Å². The van der Waals surface area contributed by atoms with Gasteiger partial charge in [0.15, 0.2) is 0 Å². The number of para-hydroxylation sites is 1. The van der Waals surface area contributed by atoms with Crippen LogP contribution in [0.25, 0.3) is 0 Å². The summed E-state index contributed by atoms with van der Waals surface area (Å²) in [6, 6.07) is 10.4. The van der Waals surface area contributed by atoms with Crippen molar-refractivity contribution in [1.29, 1.82) is 0 Å². The predicted octanol–water partition coefficient (Wildman–Crippen LogP) is 2.91. The maximum absolute atomic E-state index is 13.6. The van der Waals surface area contributed by atoms with Crippen LogP contribution in [0.1, 0.15) is 11.1 Å². The second kappa shape index (κ2) is 6.43. The second-order valence-corrected chi connectivity index (χ2v) is 6.56. The number of benzene rings is 2. The first-order valence-corrected chi connectivity index (χ1v) is 8.07. The Morgan fingerprint density at radius 2 is 1.71 bits per heavy atom. The summed E-state index contributed by atoms with van der Waals surface area (Å²) in [5.41, 5.74) is 0.944. The standard InChI is InChI=1S/C14H13ClFNO3S/c15-12-2-1-3-13(16)14(12)17-21(19,20)9-11-6-4-10(8-18)5-7-11/h1-7,17-18H,8-9H2. The third-order valence-electron chi connectivity index (χ3n) is 2.78. The van der Waals surface area contributed by atoms with Crippen molar-refractivity contribution in [3.63, 3.8) is 0 Å². The minimum atomic E-state index is -3.79. The molecule has 2 rings (SSSR count). The molecule has 0 saturated heterocycles. The summed E-state index contributed by atoms with van der Waals surface area (Å²) in [6.45, 7) is -0.115. The van der Waals surface area contributed by atoms with Crippen molar-refractivity contribution in [2.75, 3.05) is 4.72 Å². The van der Waals surface area contributed by atoms with E-state index in [-0.39, 0.29) is 23.1 Å². The van der Waals surface area contributed by atoms with Gasteiger partial charge in [0.25, 0.3) is 0 Å². The molecule has 0 saturated carbocycles. The molecule has 0 aliphatic carbocycles. The summed E-state index contributed by atoms with van der Waals surface area (Å²) < 4.78 is 39.8. The van der Waals surface area contributed by atoms with E-state index in [4.69, 9.17) is 16.7 Å². The van der Waals surface area contributed by atoms with Crippen molar-refractivity contribution >= 4 is 27.3 Å². The smallest absolute Gasteiger partial charge is 0.237 e. The van der Waals surface area contributed by atoms with Crippen LogP contribution >= 0.6 is 11.6 Å². The van der Waals surface area contributed by atoms with Crippen molar-refractivity contribution in [3.05, 3.63) is 64.4 Å². The summed E-state index contributed by atoms with van der Waals surface area (Å²) in [5, 5.41) is 8.92. The first kappa shape index (κ1) is 15.8. The van der Waals surface area contributed by atoms with Crippen LogP contribution in [0.2, 0.25) is 5.02 Å². The number of nitrogens with one attached hydrogen (secondary N) is 1. The molecule has 0 atom stereocenters. The maximum Gasteiger partial charge on any atom is 0.237 e. The van der Waals surface area contributed by atoms with Gasteiger partial charge in [0, 0.05) is 0 Å². The molecular weight excluding hydrogens is 317 g/mol. The van der Waals surface area contributed by atoms with Crippen molar-refractivity contribution < 1.29 is 17.9 Å². The summed E-state index contributed by atoms with van der Waals surface area (Å²) in [4.78, 5) is 0. The van der Waals surface area contributed by atoms with E-state index >= 15 is 0 Å². The third-order valence-corrected chi connectivity index (χ3v) is 4.33. The Morgan fingerprint density at radius 1 is 1.10 bits per heavy atom. The van der Waals surface area contributed by atoms with E-state index in [9.17, 15) is 12.8 Å². The van der Waals surface area contributed by atoms with E-state index in [0.717, 1.165) is 6.07 Å². The Kier molecular flexibility index (Phi) is 4.82. The van der Waals surface area contributed by atoms with Gasteiger partial charge in [-0.1, -0.05) is 41.9 Å². The van der Waals surface area contributed by atoms with Crippen LogP contribution in [0.15, 0.2) is 42.5 Å². The Bertz CT molecular complexity index is 712. The summed E-state index contributed by atoms with van der Waals surface area (Å²) in [5.74, 6) is -1.05. The van der Waals surface area contributed by atoms with Crippen LogP contribution in [0.5, 0.6) is 0 Å². The van der Waals surface area contributed by atoms with E-state index in [1.807, 2.05) is 0 Å². The monoisotopic (exact) mass is 329 g/mol. The molecule has 2 aromatic carbocycles. The molecule has 112 valence electrons. The molecule has 0 radical (unpaired) electrons. The molecule has 0 aliphatic heterocycles. The fraction of sp³-hybridized carbons (Fsp3) is 0.143. The van der Waals surface area contributed by atoms with Gasteiger partial charge in [-0.15, -0.1) is 0 Å². The number of halogens is 2. The van der Waals surface area contributed by atoms with Crippen molar-refractivity contribution in [3.8, 4) is 0 Å². The fourth-order valence-electron chi connectivity index (χ4n) is 1.75. The van der Waals surface area contributed by atoms with Gasteiger partial charge in [0.1, 0.15) is 11.5 Å². The lowest BCUT2D eigenvalue weighted by Gasteiger charge is -2.10. The van der Waals surface area contributed by atoms with Crippen LogP contribution in [-0.2, 0) is 22.4 Å². The molecule has 0 bridgehead atoms. The van der Waals surface area contributed by atoms with Gasteiger partial charge >= 0.3 is 0 Å². The van der Waals surface area contributed by atoms with Gasteiger partial charge in [-0.3, -0.25) is 4.72 Å². The minimum Gasteiger partial charge on any atom is -0.392 e. The number of rotatable bonds is 5. The molecule has 0 spiro atoms. The van der Waals surface area contributed by atoms with Crippen molar-refractivity contribution in [2.45, 2.75) is 12.4 Å². The highest BCUT2D eigenvalue weighted by molar-refractivity contribution is 7.91.